The number of halogens is 3. The van der Waals surface area contributed by atoms with Gasteiger partial charge in [0.2, 0.25) is 0 Å². The van der Waals surface area contributed by atoms with Crippen molar-refractivity contribution in [3.63, 3.8) is 0 Å². The summed E-state index contributed by atoms with van der Waals surface area (Å²) in [6, 6.07) is 7.97. The van der Waals surface area contributed by atoms with Gasteiger partial charge in [-0.05, 0) is 30.8 Å². The molecule has 0 spiro atoms. The van der Waals surface area contributed by atoms with Crippen LogP contribution in [0.2, 0.25) is 0 Å². The first-order valence-electron chi connectivity index (χ1n) is 10.0. The van der Waals surface area contributed by atoms with E-state index >= 15 is 0 Å². The molecule has 0 atom stereocenters. The van der Waals surface area contributed by atoms with Crippen LogP contribution in [0, 0.1) is 0 Å². The summed E-state index contributed by atoms with van der Waals surface area (Å²) >= 11 is 0. The Kier molecular flexibility index (Phi) is 6.41. The van der Waals surface area contributed by atoms with Gasteiger partial charge in [-0.1, -0.05) is 6.07 Å². The lowest BCUT2D eigenvalue weighted by Gasteiger charge is -2.10. The van der Waals surface area contributed by atoms with E-state index in [1.807, 2.05) is 19.2 Å². The number of rotatable bonds is 7. The Morgan fingerprint density at radius 2 is 1.85 bits per heavy atom. The molecule has 0 saturated heterocycles. The molecule has 4 rings (SSSR count). The third-order valence-electron chi connectivity index (χ3n) is 4.78. The van der Waals surface area contributed by atoms with Gasteiger partial charge in [-0.25, -0.2) is 4.98 Å². The number of hydrogen-bond acceptors (Lipinski definition) is 8. The minimum Gasteiger partial charge on any atom is -0.496 e. The second-order valence-electron chi connectivity index (χ2n) is 7.27. The molecule has 34 heavy (non-hydrogen) atoms. The van der Waals surface area contributed by atoms with Crippen LogP contribution in [0.4, 0.5) is 13.2 Å². The van der Waals surface area contributed by atoms with E-state index in [0.29, 0.717) is 22.4 Å². The van der Waals surface area contributed by atoms with E-state index in [4.69, 9.17) is 9.15 Å². The molecule has 0 bridgehead atoms. The molecule has 1 N–H and O–H groups in total. The number of aromatic nitrogens is 5. The first-order chi connectivity index (χ1) is 16.3. The fourth-order valence-corrected chi connectivity index (χ4v) is 3.27. The van der Waals surface area contributed by atoms with E-state index in [0.717, 1.165) is 17.8 Å². The Hall–Kier alpha value is -4.06. The highest BCUT2D eigenvalue weighted by atomic mass is 19.4. The smallest absolute Gasteiger partial charge is 0.406 e. The fourth-order valence-electron chi connectivity index (χ4n) is 3.27. The van der Waals surface area contributed by atoms with Crippen molar-refractivity contribution in [1.29, 1.82) is 0 Å². The van der Waals surface area contributed by atoms with E-state index in [1.165, 1.54) is 25.6 Å². The monoisotopic (exact) mass is 472 g/mol. The molecule has 1 aromatic carbocycles. The van der Waals surface area contributed by atoms with E-state index in [1.54, 1.807) is 6.07 Å². The Bertz CT molecular complexity index is 1370. The summed E-state index contributed by atoms with van der Waals surface area (Å²) in [5.74, 6) is 0.817. The molecular formula is C22H19F3N6O3. The van der Waals surface area contributed by atoms with Gasteiger partial charge in [0, 0.05) is 24.4 Å². The highest BCUT2D eigenvalue weighted by molar-refractivity contribution is 5.65. The van der Waals surface area contributed by atoms with Crippen LogP contribution in [-0.2, 0) is 13.1 Å². The van der Waals surface area contributed by atoms with Gasteiger partial charge in [0.05, 0.1) is 30.8 Å². The number of nitrogens with one attached hydrogen (secondary N) is 1. The summed E-state index contributed by atoms with van der Waals surface area (Å²) in [4.78, 5) is 20.3. The average Bonchev–Trinajstić information content (AvgIpc) is 3.30. The molecule has 3 heterocycles. The van der Waals surface area contributed by atoms with Crippen molar-refractivity contribution in [1.82, 2.24) is 30.0 Å². The van der Waals surface area contributed by atoms with Crippen LogP contribution in [0.5, 0.6) is 5.75 Å². The highest BCUT2D eigenvalue weighted by Crippen LogP contribution is 2.32. The quantitative estimate of drug-likeness (QED) is 0.437. The standard InChI is InChI=1S/C22H19F3N6O3/c1-26-8-13-3-5-15(18(7-13)33-2)20-29-30-21(34-20)17-10-27-9-16(28-17)14-4-6-19(32)31(11-14)12-22(23,24)25/h3-7,9-11,26H,8,12H2,1-2H3. The number of ether oxygens (including phenoxy) is 1. The predicted octanol–water partition coefficient (Wildman–Crippen LogP) is 3.31. The SMILES string of the molecule is CNCc1ccc(-c2nnc(-c3cncc(-c4ccc(=O)n(CC(F)(F)F)c4)n3)o2)c(OC)c1. The van der Waals surface area contributed by atoms with Gasteiger partial charge in [0.15, 0.2) is 0 Å². The molecule has 0 amide bonds. The predicted molar refractivity (Wildman–Crippen MR) is 116 cm³/mol. The van der Waals surface area contributed by atoms with E-state index in [2.05, 4.69) is 25.5 Å². The molecule has 0 aliphatic rings. The first-order valence-corrected chi connectivity index (χ1v) is 10.0. The zero-order chi connectivity index (χ0) is 24.3. The lowest BCUT2D eigenvalue weighted by molar-refractivity contribution is -0.141. The molecule has 0 aliphatic heterocycles. The van der Waals surface area contributed by atoms with E-state index in [-0.39, 0.29) is 28.7 Å². The summed E-state index contributed by atoms with van der Waals surface area (Å²) in [6.45, 7) is -0.751. The normalized spacial score (nSPS) is 11.6. The average molecular weight is 472 g/mol. The van der Waals surface area contributed by atoms with Crippen molar-refractivity contribution in [3.8, 4) is 40.0 Å². The van der Waals surface area contributed by atoms with E-state index in [9.17, 15) is 18.0 Å². The van der Waals surface area contributed by atoms with Gasteiger partial charge in [-0.15, -0.1) is 10.2 Å². The van der Waals surface area contributed by atoms with Crippen LogP contribution in [0.25, 0.3) is 34.3 Å². The molecule has 0 radical (unpaired) electrons. The third-order valence-corrected chi connectivity index (χ3v) is 4.78. The van der Waals surface area contributed by atoms with Crippen LogP contribution >= 0.6 is 0 Å². The van der Waals surface area contributed by atoms with Gasteiger partial charge in [-0.2, -0.15) is 13.2 Å². The highest BCUT2D eigenvalue weighted by Gasteiger charge is 2.28. The van der Waals surface area contributed by atoms with Crippen LogP contribution in [-0.4, -0.2) is 45.1 Å². The van der Waals surface area contributed by atoms with Crippen molar-refractivity contribution < 1.29 is 22.3 Å². The zero-order valence-electron chi connectivity index (χ0n) is 18.1. The summed E-state index contributed by atoms with van der Waals surface area (Å²) in [5.41, 5.74) is 1.55. The zero-order valence-corrected chi connectivity index (χ0v) is 18.1. The van der Waals surface area contributed by atoms with Crippen LogP contribution in [0.15, 0.2) is 58.1 Å². The molecule has 12 heteroatoms. The van der Waals surface area contributed by atoms with Crippen molar-refractivity contribution in [3.05, 3.63) is 64.8 Å². The van der Waals surface area contributed by atoms with Crippen molar-refractivity contribution in [2.24, 2.45) is 0 Å². The minimum absolute atomic E-state index is 0.0642. The number of pyridine rings is 1. The molecular weight excluding hydrogens is 453 g/mol. The molecule has 0 fully saturated rings. The summed E-state index contributed by atoms with van der Waals surface area (Å²) in [5, 5.41) is 11.1. The summed E-state index contributed by atoms with van der Waals surface area (Å²) < 4.78 is 50.1. The molecule has 0 aliphatic carbocycles. The maximum absolute atomic E-state index is 12.8. The summed E-state index contributed by atoms with van der Waals surface area (Å²) in [7, 11) is 3.37. The number of nitrogens with zero attached hydrogens (tertiary/aromatic N) is 5. The van der Waals surface area contributed by atoms with Gasteiger partial charge in [0.25, 0.3) is 17.3 Å². The number of alkyl halides is 3. The van der Waals surface area contributed by atoms with Crippen LogP contribution < -0.4 is 15.6 Å². The second-order valence-corrected chi connectivity index (χ2v) is 7.27. The molecule has 176 valence electrons. The molecule has 4 aromatic rings. The first kappa shape index (κ1) is 23.1. The third kappa shape index (κ3) is 5.12. The maximum atomic E-state index is 12.8. The summed E-state index contributed by atoms with van der Waals surface area (Å²) in [6.07, 6.45) is -0.704. The molecule has 9 nitrogen and oxygen atoms in total. The number of hydrogen-bond donors (Lipinski definition) is 1. The Morgan fingerprint density at radius 3 is 2.59 bits per heavy atom. The van der Waals surface area contributed by atoms with Gasteiger partial charge >= 0.3 is 6.18 Å². The largest absolute Gasteiger partial charge is 0.496 e. The number of methoxy groups -OCH3 is 1. The van der Waals surface area contributed by atoms with Crippen molar-refractivity contribution in [2.75, 3.05) is 14.2 Å². The minimum atomic E-state index is -4.54. The van der Waals surface area contributed by atoms with Gasteiger partial charge in [0.1, 0.15) is 18.0 Å². The Morgan fingerprint density at radius 1 is 1.09 bits per heavy atom. The second kappa shape index (κ2) is 9.43. The maximum Gasteiger partial charge on any atom is 0.406 e. The Balaban J connectivity index is 1.66. The molecule has 3 aromatic heterocycles. The molecule has 0 unspecified atom stereocenters. The molecule has 0 saturated carbocycles. The fraction of sp³-hybridized carbons (Fsp3) is 0.227. The van der Waals surface area contributed by atoms with Crippen molar-refractivity contribution in [2.45, 2.75) is 19.3 Å². The number of benzene rings is 1. The topological polar surface area (TPSA) is 108 Å². The Labute approximate surface area is 191 Å². The van der Waals surface area contributed by atoms with E-state index < -0.39 is 18.3 Å². The van der Waals surface area contributed by atoms with Crippen molar-refractivity contribution >= 4 is 0 Å². The van der Waals surface area contributed by atoms with Gasteiger partial charge < -0.3 is 19.0 Å². The van der Waals surface area contributed by atoms with Gasteiger partial charge in [-0.3, -0.25) is 9.78 Å². The van der Waals surface area contributed by atoms with Crippen LogP contribution in [0.1, 0.15) is 5.56 Å². The lowest BCUT2D eigenvalue weighted by atomic mass is 10.1. The lowest BCUT2D eigenvalue weighted by Crippen LogP contribution is -2.27. The van der Waals surface area contributed by atoms with Crippen LogP contribution in [0.3, 0.4) is 0 Å².